The fraction of sp³-hybridized carbons (Fsp3) is 0.600. The molecule has 1 aliphatic rings. The van der Waals surface area contributed by atoms with Gasteiger partial charge in [-0.2, -0.15) is 0 Å². The molecule has 0 spiro atoms. The first-order valence-electron chi connectivity index (χ1n) is 4.76. The van der Waals surface area contributed by atoms with E-state index in [2.05, 4.69) is 4.74 Å². The summed E-state index contributed by atoms with van der Waals surface area (Å²) < 4.78 is 9.35. The lowest BCUT2D eigenvalue weighted by Gasteiger charge is -2.13. The monoisotopic (exact) mass is 213 g/mol. The zero-order valence-corrected chi connectivity index (χ0v) is 8.80. The Bertz CT molecular complexity index is 287. The first kappa shape index (κ1) is 11.7. The van der Waals surface area contributed by atoms with Gasteiger partial charge in [0.1, 0.15) is 0 Å². The van der Waals surface area contributed by atoms with Gasteiger partial charge in [0.05, 0.1) is 13.0 Å². The number of ether oxygens (including phenoxy) is 2. The predicted octanol–water partition coefficient (Wildman–Crippen LogP) is -0.00550. The van der Waals surface area contributed by atoms with Crippen molar-refractivity contribution in [3.05, 3.63) is 12.2 Å². The second kappa shape index (κ2) is 4.93. The first-order valence-corrected chi connectivity index (χ1v) is 4.76. The van der Waals surface area contributed by atoms with Crippen LogP contribution in [0.4, 0.5) is 0 Å². The summed E-state index contributed by atoms with van der Waals surface area (Å²) in [6.07, 6.45) is 3.13. The highest BCUT2D eigenvalue weighted by atomic mass is 16.6. The molecule has 1 rings (SSSR count). The molecule has 2 N–H and O–H groups in total. The highest BCUT2D eigenvalue weighted by molar-refractivity contribution is 5.81. The van der Waals surface area contributed by atoms with Crippen molar-refractivity contribution in [3.8, 4) is 0 Å². The number of methoxy groups -OCH3 is 1. The van der Waals surface area contributed by atoms with Gasteiger partial charge in [0, 0.05) is 6.04 Å². The molecule has 0 aliphatic heterocycles. The fourth-order valence-electron chi connectivity index (χ4n) is 1.38. The minimum atomic E-state index is -0.868. The molecular weight excluding hydrogens is 198 g/mol. The summed E-state index contributed by atoms with van der Waals surface area (Å²) in [7, 11) is 1.25. The maximum absolute atomic E-state index is 11.5. The maximum atomic E-state index is 11.5. The van der Waals surface area contributed by atoms with E-state index in [1.54, 1.807) is 12.2 Å². The average molecular weight is 213 g/mol. The second-order valence-corrected chi connectivity index (χ2v) is 3.49. The topological polar surface area (TPSA) is 78.6 Å². The van der Waals surface area contributed by atoms with E-state index in [9.17, 15) is 9.59 Å². The van der Waals surface area contributed by atoms with E-state index in [1.807, 2.05) is 0 Å². The van der Waals surface area contributed by atoms with Crippen molar-refractivity contribution in [2.75, 3.05) is 7.11 Å². The summed E-state index contributed by atoms with van der Waals surface area (Å²) in [5.74, 6) is -1.33. The minimum absolute atomic E-state index is 0.101. The Labute approximate surface area is 88.2 Å². The molecule has 0 bridgehead atoms. The van der Waals surface area contributed by atoms with Crippen LogP contribution in [0.2, 0.25) is 0 Å². The van der Waals surface area contributed by atoms with Gasteiger partial charge < -0.3 is 15.2 Å². The van der Waals surface area contributed by atoms with Crippen LogP contribution in [0.3, 0.4) is 0 Å². The second-order valence-electron chi connectivity index (χ2n) is 3.49. The number of nitrogens with two attached hydrogens (primary N) is 1. The van der Waals surface area contributed by atoms with E-state index in [0.717, 1.165) is 0 Å². The SMILES string of the molecule is COC(=O)C(C)OC(=O)[C@@H]1C=C[C@H](N)C1. The molecule has 3 atom stereocenters. The predicted molar refractivity (Wildman–Crippen MR) is 52.8 cm³/mol. The van der Waals surface area contributed by atoms with E-state index in [0.29, 0.717) is 6.42 Å². The van der Waals surface area contributed by atoms with Crippen LogP contribution in [-0.2, 0) is 19.1 Å². The molecule has 0 heterocycles. The Morgan fingerprint density at radius 2 is 2.13 bits per heavy atom. The number of esters is 2. The van der Waals surface area contributed by atoms with Crippen molar-refractivity contribution in [3.63, 3.8) is 0 Å². The van der Waals surface area contributed by atoms with Crippen LogP contribution in [-0.4, -0.2) is 31.2 Å². The van der Waals surface area contributed by atoms with E-state index in [1.165, 1.54) is 14.0 Å². The normalized spacial score (nSPS) is 26.1. The molecule has 0 amide bonds. The first-order chi connectivity index (χ1) is 7.04. The molecule has 1 unspecified atom stereocenters. The van der Waals surface area contributed by atoms with E-state index >= 15 is 0 Å². The number of hydrogen-bond donors (Lipinski definition) is 1. The summed E-state index contributed by atoms with van der Waals surface area (Å²) in [6, 6.07) is -0.101. The van der Waals surface area contributed by atoms with Gasteiger partial charge in [-0.3, -0.25) is 4.79 Å². The zero-order chi connectivity index (χ0) is 11.4. The zero-order valence-electron chi connectivity index (χ0n) is 8.80. The largest absolute Gasteiger partial charge is 0.466 e. The quantitative estimate of drug-likeness (QED) is 0.527. The van der Waals surface area contributed by atoms with Crippen LogP contribution in [0.25, 0.3) is 0 Å². The van der Waals surface area contributed by atoms with Crippen LogP contribution in [0, 0.1) is 5.92 Å². The third-order valence-electron chi connectivity index (χ3n) is 2.25. The van der Waals surface area contributed by atoms with Gasteiger partial charge in [0.2, 0.25) is 0 Å². The van der Waals surface area contributed by atoms with Crippen LogP contribution < -0.4 is 5.73 Å². The molecule has 0 fully saturated rings. The van der Waals surface area contributed by atoms with Crippen molar-refractivity contribution in [1.29, 1.82) is 0 Å². The maximum Gasteiger partial charge on any atom is 0.346 e. The summed E-state index contributed by atoms with van der Waals surface area (Å²) in [5, 5.41) is 0. The van der Waals surface area contributed by atoms with Crippen molar-refractivity contribution < 1.29 is 19.1 Å². The van der Waals surface area contributed by atoms with Crippen LogP contribution in [0.1, 0.15) is 13.3 Å². The highest BCUT2D eigenvalue weighted by Crippen LogP contribution is 2.18. The molecule has 84 valence electrons. The van der Waals surface area contributed by atoms with Crippen molar-refractivity contribution >= 4 is 11.9 Å². The Balaban J connectivity index is 2.42. The van der Waals surface area contributed by atoms with E-state index in [-0.39, 0.29) is 12.0 Å². The molecule has 0 radical (unpaired) electrons. The minimum Gasteiger partial charge on any atom is -0.466 e. The van der Waals surface area contributed by atoms with Gasteiger partial charge in [-0.1, -0.05) is 12.2 Å². The van der Waals surface area contributed by atoms with Gasteiger partial charge in [0.25, 0.3) is 0 Å². The Kier molecular flexibility index (Phi) is 3.85. The number of rotatable bonds is 3. The van der Waals surface area contributed by atoms with Crippen LogP contribution in [0.5, 0.6) is 0 Å². The molecular formula is C10H15NO4. The lowest BCUT2D eigenvalue weighted by atomic mass is 10.1. The van der Waals surface area contributed by atoms with Gasteiger partial charge in [-0.05, 0) is 13.3 Å². The summed E-state index contributed by atoms with van der Waals surface area (Å²) in [4.78, 5) is 22.5. The number of hydrogen-bond acceptors (Lipinski definition) is 5. The molecule has 5 nitrogen and oxygen atoms in total. The van der Waals surface area contributed by atoms with Crippen molar-refractivity contribution in [2.24, 2.45) is 11.7 Å². The third kappa shape index (κ3) is 3.06. The fourth-order valence-corrected chi connectivity index (χ4v) is 1.38. The van der Waals surface area contributed by atoms with Gasteiger partial charge in [-0.25, -0.2) is 4.79 Å². The highest BCUT2D eigenvalue weighted by Gasteiger charge is 2.27. The molecule has 0 aromatic rings. The standard InChI is InChI=1S/C10H15NO4/c1-6(9(12)14-2)15-10(13)7-3-4-8(11)5-7/h3-4,6-8H,5,11H2,1-2H3/t6?,7-,8+/m1/s1. The van der Waals surface area contributed by atoms with Crippen molar-refractivity contribution in [2.45, 2.75) is 25.5 Å². The lowest BCUT2D eigenvalue weighted by Crippen LogP contribution is -2.29. The Morgan fingerprint density at radius 3 is 2.60 bits per heavy atom. The summed E-state index contributed by atoms with van der Waals surface area (Å²) >= 11 is 0. The Morgan fingerprint density at radius 1 is 1.47 bits per heavy atom. The Hall–Kier alpha value is -1.36. The molecule has 0 saturated carbocycles. The smallest absolute Gasteiger partial charge is 0.346 e. The van der Waals surface area contributed by atoms with Crippen LogP contribution >= 0.6 is 0 Å². The molecule has 0 aromatic heterocycles. The average Bonchev–Trinajstić information content (AvgIpc) is 2.63. The third-order valence-corrected chi connectivity index (χ3v) is 2.25. The van der Waals surface area contributed by atoms with Gasteiger partial charge >= 0.3 is 11.9 Å². The lowest BCUT2D eigenvalue weighted by molar-refractivity contribution is -0.166. The number of carbonyl (C=O) groups is 2. The molecule has 15 heavy (non-hydrogen) atoms. The molecule has 1 aliphatic carbocycles. The molecule has 0 aromatic carbocycles. The number of carbonyl (C=O) groups excluding carboxylic acids is 2. The molecule has 5 heteroatoms. The van der Waals surface area contributed by atoms with Gasteiger partial charge in [0.15, 0.2) is 6.10 Å². The van der Waals surface area contributed by atoms with E-state index in [4.69, 9.17) is 10.5 Å². The molecule has 0 saturated heterocycles. The summed E-state index contributed by atoms with van der Waals surface area (Å²) in [5.41, 5.74) is 5.59. The van der Waals surface area contributed by atoms with Gasteiger partial charge in [-0.15, -0.1) is 0 Å². The van der Waals surface area contributed by atoms with Crippen molar-refractivity contribution in [1.82, 2.24) is 0 Å². The van der Waals surface area contributed by atoms with Crippen LogP contribution in [0.15, 0.2) is 12.2 Å². The van der Waals surface area contributed by atoms with E-state index < -0.39 is 18.0 Å². The summed E-state index contributed by atoms with van der Waals surface area (Å²) in [6.45, 7) is 1.47.